The minimum absolute atomic E-state index is 0.657. The van der Waals surface area contributed by atoms with Gasteiger partial charge >= 0.3 is 0 Å². The maximum atomic E-state index is 3.65. The second-order valence-electron chi connectivity index (χ2n) is 5.85. The van der Waals surface area contributed by atoms with Gasteiger partial charge in [0.1, 0.15) is 0 Å². The molecular formula is C17H28N2. The van der Waals surface area contributed by atoms with Crippen LogP contribution < -0.4 is 5.32 Å². The molecule has 1 aromatic rings. The van der Waals surface area contributed by atoms with Crippen LogP contribution in [-0.4, -0.2) is 37.6 Å². The number of hydrogen-bond acceptors (Lipinski definition) is 2. The van der Waals surface area contributed by atoms with E-state index in [4.69, 9.17) is 0 Å². The van der Waals surface area contributed by atoms with Crippen molar-refractivity contribution >= 4 is 0 Å². The van der Waals surface area contributed by atoms with Crippen LogP contribution >= 0.6 is 0 Å². The van der Waals surface area contributed by atoms with Gasteiger partial charge < -0.3 is 10.2 Å². The van der Waals surface area contributed by atoms with Crippen molar-refractivity contribution in [1.29, 1.82) is 0 Å². The highest BCUT2D eigenvalue weighted by molar-refractivity contribution is 5.18. The van der Waals surface area contributed by atoms with Gasteiger partial charge in [-0.3, -0.25) is 0 Å². The van der Waals surface area contributed by atoms with Gasteiger partial charge in [-0.2, -0.15) is 0 Å². The molecule has 2 atom stereocenters. The molecule has 0 amide bonds. The molecule has 0 bridgehead atoms. The van der Waals surface area contributed by atoms with E-state index in [1.54, 1.807) is 0 Å². The molecule has 0 aliphatic carbocycles. The Bertz CT molecular complexity index is 350. The summed E-state index contributed by atoms with van der Waals surface area (Å²) in [4.78, 5) is 2.55. The Balaban J connectivity index is 1.60. The van der Waals surface area contributed by atoms with Crippen LogP contribution in [0.15, 0.2) is 30.3 Å². The third-order valence-corrected chi connectivity index (χ3v) is 4.37. The van der Waals surface area contributed by atoms with E-state index in [0.717, 1.165) is 12.5 Å². The summed E-state index contributed by atoms with van der Waals surface area (Å²) < 4.78 is 0. The third-order valence-electron chi connectivity index (χ3n) is 4.37. The Hall–Kier alpha value is -0.860. The van der Waals surface area contributed by atoms with Gasteiger partial charge in [-0.05, 0) is 56.4 Å². The summed E-state index contributed by atoms with van der Waals surface area (Å²) in [5.41, 5.74) is 1.46. The molecule has 1 aliphatic rings. The molecule has 2 nitrogen and oxygen atoms in total. The van der Waals surface area contributed by atoms with E-state index >= 15 is 0 Å². The van der Waals surface area contributed by atoms with Gasteiger partial charge in [0.25, 0.3) is 0 Å². The van der Waals surface area contributed by atoms with E-state index in [2.05, 4.69) is 54.4 Å². The fraction of sp³-hybridized carbons (Fsp3) is 0.647. The zero-order chi connectivity index (χ0) is 13.5. The molecule has 2 heteroatoms. The van der Waals surface area contributed by atoms with Crippen molar-refractivity contribution in [2.75, 3.05) is 32.7 Å². The van der Waals surface area contributed by atoms with Crippen molar-refractivity contribution in [3.8, 4) is 0 Å². The molecule has 106 valence electrons. The second kappa shape index (κ2) is 7.66. The maximum Gasteiger partial charge on any atom is 0.00222 e. The molecule has 1 fully saturated rings. The van der Waals surface area contributed by atoms with E-state index in [-0.39, 0.29) is 0 Å². The number of nitrogens with one attached hydrogen (secondary N) is 1. The summed E-state index contributed by atoms with van der Waals surface area (Å²) in [5, 5.41) is 3.65. The molecule has 1 heterocycles. The molecule has 1 aromatic carbocycles. The van der Waals surface area contributed by atoms with Gasteiger partial charge in [0.15, 0.2) is 0 Å². The van der Waals surface area contributed by atoms with Crippen LogP contribution in [0.4, 0.5) is 0 Å². The van der Waals surface area contributed by atoms with Crippen molar-refractivity contribution in [2.45, 2.75) is 32.6 Å². The Morgan fingerprint density at radius 3 is 2.79 bits per heavy atom. The van der Waals surface area contributed by atoms with Gasteiger partial charge in [-0.25, -0.2) is 0 Å². The van der Waals surface area contributed by atoms with E-state index in [9.17, 15) is 0 Å². The van der Waals surface area contributed by atoms with E-state index in [1.807, 2.05) is 0 Å². The number of hydrogen-bond donors (Lipinski definition) is 1. The fourth-order valence-corrected chi connectivity index (χ4v) is 2.94. The Morgan fingerprint density at radius 2 is 2.11 bits per heavy atom. The molecule has 0 saturated carbocycles. The molecule has 1 N–H and O–H groups in total. The van der Waals surface area contributed by atoms with Crippen molar-refractivity contribution < 1.29 is 0 Å². The Kier molecular flexibility index (Phi) is 5.87. The standard InChI is InChI=1S/C17H28N2/c1-3-19-12-10-16(14-19)13-18-11-9-15(2)17-7-5-4-6-8-17/h4-8,15-16,18H,3,9-14H2,1-2H3. The SMILES string of the molecule is CCN1CCC(CNCCC(C)c2ccccc2)C1. The second-order valence-corrected chi connectivity index (χ2v) is 5.85. The first-order valence-corrected chi connectivity index (χ1v) is 7.77. The summed E-state index contributed by atoms with van der Waals surface area (Å²) in [6.45, 7) is 10.7. The van der Waals surface area contributed by atoms with E-state index in [1.165, 1.54) is 44.6 Å². The van der Waals surface area contributed by atoms with Crippen molar-refractivity contribution in [3.05, 3.63) is 35.9 Å². The largest absolute Gasteiger partial charge is 0.316 e. The quantitative estimate of drug-likeness (QED) is 0.758. The van der Waals surface area contributed by atoms with Crippen molar-refractivity contribution in [3.63, 3.8) is 0 Å². The zero-order valence-corrected chi connectivity index (χ0v) is 12.4. The normalized spacial score (nSPS) is 21.7. The predicted octanol–water partition coefficient (Wildman–Crippen LogP) is 3.11. The predicted molar refractivity (Wildman–Crippen MR) is 82.6 cm³/mol. The van der Waals surface area contributed by atoms with E-state index in [0.29, 0.717) is 5.92 Å². The van der Waals surface area contributed by atoms with Crippen molar-refractivity contribution in [2.24, 2.45) is 5.92 Å². The summed E-state index contributed by atoms with van der Waals surface area (Å²) in [6, 6.07) is 10.8. The molecule has 0 spiro atoms. The summed E-state index contributed by atoms with van der Waals surface area (Å²) in [5.74, 6) is 1.52. The van der Waals surface area contributed by atoms with Crippen LogP contribution in [0.1, 0.15) is 38.2 Å². The fourth-order valence-electron chi connectivity index (χ4n) is 2.94. The lowest BCUT2D eigenvalue weighted by Crippen LogP contribution is -2.27. The first-order valence-electron chi connectivity index (χ1n) is 7.77. The molecule has 1 aliphatic heterocycles. The summed E-state index contributed by atoms with van der Waals surface area (Å²) in [7, 11) is 0. The summed E-state index contributed by atoms with van der Waals surface area (Å²) in [6.07, 6.45) is 2.60. The van der Waals surface area contributed by atoms with Gasteiger partial charge in [0.2, 0.25) is 0 Å². The molecule has 0 radical (unpaired) electrons. The minimum atomic E-state index is 0.657. The van der Waals surface area contributed by atoms with Crippen LogP contribution in [-0.2, 0) is 0 Å². The number of nitrogens with zero attached hydrogens (tertiary/aromatic N) is 1. The lowest BCUT2D eigenvalue weighted by Gasteiger charge is -2.15. The topological polar surface area (TPSA) is 15.3 Å². The van der Waals surface area contributed by atoms with Crippen LogP contribution in [0.2, 0.25) is 0 Å². The van der Waals surface area contributed by atoms with Crippen LogP contribution in [0.25, 0.3) is 0 Å². The summed E-state index contributed by atoms with van der Waals surface area (Å²) >= 11 is 0. The first-order chi connectivity index (χ1) is 9.29. The highest BCUT2D eigenvalue weighted by atomic mass is 15.1. The van der Waals surface area contributed by atoms with Crippen LogP contribution in [0.3, 0.4) is 0 Å². The minimum Gasteiger partial charge on any atom is -0.316 e. The Labute approximate surface area is 118 Å². The highest BCUT2D eigenvalue weighted by Crippen LogP contribution is 2.18. The molecular weight excluding hydrogens is 232 g/mol. The van der Waals surface area contributed by atoms with Crippen LogP contribution in [0.5, 0.6) is 0 Å². The number of rotatable bonds is 7. The number of benzene rings is 1. The average molecular weight is 260 g/mol. The van der Waals surface area contributed by atoms with Crippen LogP contribution in [0, 0.1) is 5.92 Å². The van der Waals surface area contributed by atoms with E-state index < -0.39 is 0 Å². The van der Waals surface area contributed by atoms with Crippen molar-refractivity contribution in [1.82, 2.24) is 10.2 Å². The molecule has 19 heavy (non-hydrogen) atoms. The smallest absolute Gasteiger partial charge is 0.00222 e. The monoisotopic (exact) mass is 260 g/mol. The first kappa shape index (κ1) is 14.5. The lowest BCUT2D eigenvalue weighted by molar-refractivity contribution is 0.338. The van der Waals surface area contributed by atoms with Gasteiger partial charge in [-0.15, -0.1) is 0 Å². The van der Waals surface area contributed by atoms with Gasteiger partial charge in [0, 0.05) is 6.54 Å². The van der Waals surface area contributed by atoms with Gasteiger partial charge in [-0.1, -0.05) is 44.2 Å². The molecule has 0 aromatic heterocycles. The Morgan fingerprint density at radius 1 is 1.32 bits per heavy atom. The maximum absolute atomic E-state index is 3.65. The zero-order valence-electron chi connectivity index (χ0n) is 12.4. The third kappa shape index (κ3) is 4.63. The number of likely N-dealkylation sites (tertiary alicyclic amines) is 1. The molecule has 2 rings (SSSR count). The highest BCUT2D eigenvalue weighted by Gasteiger charge is 2.20. The molecule has 2 unspecified atom stereocenters. The lowest BCUT2D eigenvalue weighted by atomic mass is 9.98. The average Bonchev–Trinajstić information content (AvgIpc) is 2.92. The van der Waals surface area contributed by atoms with Gasteiger partial charge in [0.05, 0.1) is 0 Å². The molecule has 1 saturated heterocycles.